The van der Waals surface area contributed by atoms with Gasteiger partial charge in [-0.15, -0.1) is 12.4 Å². The Balaban J connectivity index is 0.00000120. The van der Waals surface area contributed by atoms with Gasteiger partial charge in [-0.05, 0) is 30.9 Å². The number of nitrogens with one attached hydrogen (secondary N) is 1. The molecule has 0 radical (unpaired) electrons. The fourth-order valence-electron chi connectivity index (χ4n) is 2.85. The second-order valence-electron chi connectivity index (χ2n) is 4.95. The van der Waals surface area contributed by atoms with Crippen molar-refractivity contribution >= 4 is 12.4 Å². The highest BCUT2D eigenvalue weighted by molar-refractivity contribution is 5.85. The van der Waals surface area contributed by atoms with E-state index >= 15 is 0 Å². The first-order valence-electron chi connectivity index (χ1n) is 5.94. The minimum Gasteiger partial charge on any atom is -0.348 e. The first kappa shape index (κ1) is 12.9. The summed E-state index contributed by atoms with van der Waals surface area (Å²) in [6, 6.07) is 8.66. The fraction of sp³-hybridized carbons (Fsp3) is 0.267. The van der Waals surface area contributed by atoms with Gasteiger partial charge in [0.25, 0.3) is 0 Å². The summed E-state index contributed by atoms with van der Waals surface area (Å²) in [6.07, 6.45) is 5.74. The van der Waals surface area contributed by atoms with Crippen molar-refractivity contribution < 1.29 is 0 Å². The van der Waals surface area contributed by atoms with Crippen LogP contribution in [0.25, 0.3) is 0 Å². The third-order valence-electron chi connectivity index (χ3n) is 3.93. The zero-order valence-electron chi connectivity index (χ0n) is 10.4. The maximum Gasteiger partial charge on any atom is 0.0922 e. The molecule has 0 spiro atoms. The lowest BCUT2D eigenvalue weighted by atomic mass is 9.76. The number of aromatic amines is 1. The van der Waals surface area contributed by atoms with Gasteiger partial charge >= 0.3 is 0 Å². The monoisotopic (exact) mass is 260 g/mol. The van der Waals surface area contributed by atoms with Gasteiger partial charge in [0, 0.05) is 17.3 Å². The van der Waals surface area contributed by atoms with Crippen LogP contribution in [0, 0.1) is 0 Å². The van der Waals surface area contributed by atoms with E-state index < -0.39 is 0 Å². The summed E-state index contributed by atoms with van der Waals surface area (Å²) >= 11 is 0. The predicted molar refractivity (Wildman–Crippen MR) is 76.2 cm³/mol. The second-order valence-corrected chi connectivity index (χ2v) is 4.95. The largest absolute Gasteiger partial charge is 0.348 e. The summed E-state index contributed by atoms with van der Waals surface area (Å²) in [7, 11) is 0. The van der Waals surface area contributed by atoms with Crippen LogP contribution in [0.5, 0.6) is 0 Å². The zero-order valence-corrected chi connectivity index (χ0v) is 11.3. The summed E-state index contributed by atoms with van der Waals surface area (Å²) in [5, 5.41) is 0. The Morgan fingerprint density at radius 1 is 1.28 bits per heavy atom. The first-order valence-corrected chi connectivity index (χ1v) is 5.94. The number of allylic oxidation sites excluding steroid dienone is 1. The third kappa shape index (κ3) is 1.77. The number of imidazole rings is 1. The van der Waals surface area contributed by atoms with Crippen molar-refractivity contribution in [1.82, 2.24) is 9.97 Å². The highest BCUT2D eigenvalue weighted by Crippen LogP contribution is 2.43. The van der Waals surface area contributed by atoms with Crippen LogP contribution in [0.3, 0.4) is 0 Å². The lowest BCUT2D eigenvalue weighted by Gasteiger charge is -2.28. The maximum absolute atomic E-state index is 4.20. The molecule has 0 unspecified atom stereocenters. The molecule has 0 aliphatic heterocycles. The van der Waals surface area contributed by atoms with Gasteiger partial charge in [0.2, 0.25) is 0 Å². The third-order valence-corrected chi connectivity index (χ3v) is 3.93. The average Bonchev–Trinajstić information content (AvgIpc) is 2.96. The highest BCUT2D eigenvalue weighted by atomic mass is 35.5. The van der Waals surface area contributed by atoms with Crippen molar-refractivity contribution in [3.63, 3.8) is 0 Å². The predicted octanol–water partition coefficient (Wildman–Crippen LogP) is 3.44. The first-order chi connectivity index (χ1) is 8.22. The molecule has 1 aromatic carbocycles. The van der Waals surface area contributed by atoms with E-state index in [4.69, 9.17) is 0 Å². The van der Waals surface area contributed by atoms with E-state index in [1.165, 1.54) is 22.4 Å². The number of fused-ring (bicyclic) bond motifs is 1. The minimum atomic E-state index is 0. The number of hydrogen-bond donors (Lipinski definition) is 1. The van der Waals surface area contributed by atoms with Crippen molar-refractivity contribution in [2.45, 2.75) is 25.2 Å². The molecule has 1 aromatic heterocycles. The van der Waals surface area contributed by atoms with E-state index in [1.807, 2.05) is 6.20 Å². The lowest BCUT2D eigenvalue weighted by Crippen LogP contribution is -2.28. The Labute approximate surface area is 114 Å². The van der Waals surface area contributed by atoms with Crippen molar-refractivity contribution in [1.29, 1.82) is 0 Å². The molecule has 3 rings (SSSR count). The molecule has 0 amide bonds. The Bertz CT molecular complexity index is 533. The van der Waals surface area contributed by atoms with Crippen LogP contribution >= 0.6 is 12.4 Å². The van der Waals surface area contributed by atoms with E-state index in [-0.39, 0.29) is 17.8 Å². The number of aromatic nitrogens is 2. The van der Waals surface area contributed by atoms with E-state index in [2.05, 4.69) is 47.7 Å². The van der Waals surface area contributed by atoms with Gasteiger partial charge in [-0.3, -0.25) is 0 Å². The van der Waals surface area contributed by atoms with Gasteiger partial charge in [0.05, 0.1) is 6.33 Å². The standard InChI is InChI=1S/C15H16N2.ClH/c1-11(2)15(14-9-16-10-17-14)7-12-5-3-4-6-13(12)8-15;/h3-6,9-10H,1,7-8H2,2H3,(H,16,17);1H. The molecule has 1 heterocycles. The van der Waals surface area contributed by atoms with Gasteiger partial charge < -0.3 is 4.98 Å². The summed E-state index contributed by atoms with van der Waals surface area (Å²) in [4.78, 5) is 7.42. The molecule has 1 N–H and O–H groups in total. The van der Waals surface area contributed by atoms with Crippen LogP contribution in [0.1, 0.15) is 23.7 Å². The Hall–Kier alpha value is -1.54. The number of rotatable bonds is 2. The maximum atomic E-state index is 4.20. The molecule has 18 heavy (non-hydrogen) atoms. The molecule has 0 saturated heterocycles. The van der Waals surface area contributed by atoms with Crippen LogP contribution in [0.4, 0.5) is 0 Å². The average molecular weight is 261 g/mol. The number of nitrogens with zero attached hydrogens (tertiary/aromatic N) is 1. The van der Waals surface area contributed by atoms with E-state index in [0.717, 1.165) is 12.8 Å². The number of H-pyrrole nitrogens is 1. The van der Waals surface area contributed by atoms with Gasteiger partial charge in [-0.25, -0.2) is 4.98 Å². The lowest BCUT2D eigenvalue weighted by molar-refractivity contribution is 0.522. The minimum absolute atomic E-state index is 0. The molecule has 0 bridgehead atoms. The van der Waals surface area contributed by atoms with Gasteiger partial charge in [0.15, 0.2) is 0 Å². The van der Waals surface area contributed by atoms with Crippen molar-refractivity contribution in [3.05, 3.63) is 65.8 Å². The smallest absolute Gasteiger partial charge is 0.0922 e. The summed E-state index contributed by atoms with van der Waals surface area (Å²) < 4.78 is 0. The van der Waals surface area contributed by atoms with Crippen molar-refractivity contribution in [2.75, 3.05) is 0 Å². The summed E-state index contributed by atoms with van der Waals surface area (Å²) in [5.41, 5.74) is 5.27. The molecule has 1 aliphatic rings. The molecular weight excluding hydrogens is 244 g/mol. The number of benzene rings is 1. The Morgan fingerprint density at radius 2 is 1.89 bits per heavy atom. The van der Waals surface area contributed by atoms with Gasteiger partial charge in [-0.2, -0.15) is 0 Å². The van der Waals surface area contributed by atoms with Crippen molar-refractivity contribution in [3.8, 4) is 0 Å². The quantitative estimate of drug-likeness (QED) is 0.824. The molecule has 1 aliphatic carbocycles. The molecule has 2 aromatic rings. The van der Waals surface area contributed by atoms with E-state index in [0.29, 0.717) is 0 Å². The number of hydrogen-bond acceptors (Lipinski definition) is 1. The molecule has 0 fully saturated rings. The normalized spacial score (nSPS) is 15.8. The topological polar surface area (TPSA) is 28.7 Å². The number of halogens is 1. The molecule has 0 atom stereocenters. The molecule has 0 saturated carbocycles. The summed E-state index contributed by atoms with van der Waals surface area (Å²) in [5.74, 6) is 0. The van der Waals surface area contributed by atoms with Crippen LogP contribution in [0.2, 0.25) is 0 Å². The van der Waals surface area contributed by atoms with Gasteiger partial charge in [0.1, 0.15) is 0 Å². The van der Waals surface area contributed by atoms with E-state index in [1.54, 1.807) is 6.33 Å². The second kappa shape index (κ2) is 4.62. The Morgan fingerprint density at radius 3 is 2.33 bits per heavy atom. The van der Waals surface area contributed by atoms with Crippen LogP contribution < -0.4 is 0 Å². The van der Waals surface area contributed by atoms with Crippen LogP contribution in [0.15, 0.2) is 48.9 Å². The van der Waals surface area contributed by atoms with Crippen LogP contribution in [-0.2, 0) is 18.3 Å². The highest BCUT2D eigenvalue weighted by Gasteiger charge is 2.40. The van der Waals surface area contributed by atoms with E-state index in [9.17, 15) is 0 Å². The molecule has 2 nitrogen and oxygen atoms in total. The molecule has 3 heteroatoms. The van der Waals surface area contributed by atoms with Crippen LogP contribution in [-0.4, -0.2) is 9.97 Å². The SMILES string of the molecule is C=C(C)C1(c2cnc[nH]2)Cc2ccccc2C1.Cl. The fourth-order valence-corrected chi connectivity index (χ4v) is 2.85. The summed E-state index contributed by atoms with van der Waals surface area (Å²) in [6.45, 7) is 6.32. The van der Waals surface area contributed by atoms with Gasteiger partial charge in [-0.1, -0.05) is 36.4 Å². The van der Waals surface area contributed by atoms with Crippen molar-refractivity contribution in [2.24, 2.45) is 0 Å². The zero-order chi connectivity index (χ0) is 11.9. The molecule has 94 valence electrons. The molecular formula is C15H17ClN2. The Kier molecular flexibility index (Phi) is 3.31.